The number of anilines is 1. The summed E-state index contributed by atoms with van der Waals surface area (Å²) in [6.45, 7) is 4.89. The highest BCUT2D eigenvalue weighted by Crippen LogP contribution is 2.27. The zero-order valence-electron chi connectivity index (χ0n) is 17.0. The molecule has 0 saturated heterocycles. The zero-order chi connectivity index (χ0) is 20.4. The molecule has 1 aliphatic rings. The van der Waals surface area contributed by atoms with Gasteiger partial charge >= 0.3 is 5.97 Å². The SMILES string of the molecule is CCN(CC)C(=O)c1ccc(NC(=O)COC(=O)CCC2CCCCC2)cc1. The van der Waals surface area contributed by atoms with Crippen LogP contribution in [0.25, 0.3) is 0 Å². The molecule has 0 aliphatic heterocycles. The highest BCUT2D eigenvalue weighted by molar-refractivity contribution is 5.96. The smallest absolute Gasteiger partial charge is 0.306 e. The molecule has 154 valence electrons. The van der Waals surface area contributed by atoms with E-state index in [4.69, 9.17) is 4.74 Å². The number of esters is 1. The van der Waals surface area contributed by atoms with Crippen molar-refractivity contribution in [1.29, 1.82) is 0 Å². The minimum absolute atomic E-state index is 0.0326. The molecular weight excluding hydrogens is 356 g/mol. The molecule has 1 aromatic rings. The topological polar surface area (TPSA) is 75.7 Å². The highest BCUT2D eigenvalue weighted by Gasteiger charge is 2.16. The predicted octanol–water partition coefficient (Wildman–Crippen LogP) is 4.01. The number of amides is 2. The average molecular weight is 389 g/mol. The molecule has 1 N–H and O–H groups in total. The molecule has 0 unspecified atom stereocenters. The molecule has 6 nitrogen and oxygen atoms in total. The van der Waals surface area contributed by atoms with Crippen molar-refractivity contribution in [2.75, 3.05) is 25.0 Å². The van der Waals surface area contributed by atoms with E-state index in [1.54, 1.807) is 29.2 Å². The lowest BCUT2D eigenvalue weighted by Crippen LogP contribution is -2.30. The Morgan fingerprint density at radius 1 is 1.04 bits per heavy atom. The van der Waals surface area contributed by atoms with E-state index >= 15 is 0 Å². The van der Waals surface area contributed by atoms with Gasteiger partial charge in [-0.3, -0.25) is 14.4 Å². The van der Waals surface area contributed by atoms with Gasteiger partial charge in [0.1, 0.15) is 0 Å². The number of benzene rings is 1. The number of nitrogens with zero attached hydrogens (tertiary/aromatic N) is 1. The summed E-state index contributed by atoms with van der Waals surface area (Å²) in [7, 11) is 0. The van der Waals surface area contributed by atoms with Gasteiger partial charge in [-0.25, -0.2) is 0 Å². The quantitative estimate of drug-likeness (QED) is 0.649. The Morgan fingerprint density at radius 3 is 2.29 bits per heavy atom. The fourth-order valence-corrected chi connectivity index (χ4v) is 3.60. The van der Waals surface area contributed by atoms with Crippen molar-refractivity contribution in [3.05, 3.63) is 29.8 Å². The number of hydrogen-bond donors (Lipinski definition) is 1. The van der Waals surface area contributed by atoms with E-state index in [1.807, 2.05) is 13.8 Å². The monoisotopic (exact) mass is 388 g/mol. The first-order chi connectivity index (χ1) is 13.5. The Balaban J connectivity index is 1.72. The van der Waals surface area contributed by atoms with Gasteiger partial charge in [-0.05, 0) is 50.5 Å². The van der Waals surface area contributed by atoms with Crippen molar-refractivity contribution in [2.45, 2.75) is 58.8 Å². The minimum Gasteiger partial charge on any atom is -0.456 e. The van der Waals surface area contributed by atoms with Crippen LogP contribution in [-0.2, 0) is 14.3 Å². The molecule has 2 rings (SSSR count). The van der Waals surface area contributed by atoms with Gasteiger partial charge in [0.25, 0.3) is 11.8 Å². The third-order valence-corrected chi connectivity index (χ3v) is 5.31. The fraction of sp³-hybridized carbons (Fsp3) is 0.591. The maximum Gasteiger partial charge on any atom is 0.306 e. The summed E-state index contributed by atoms with van der Waals surface area (Å²) in [5.74, 6) is -0.114. The second-order valence-corrected chi connectivity index (χ2v) is 7.31. The molecule has 0 spiro atoms. The van der Waals surface area contributed by atoms with E-state index in [9.17, 15) is 14.4 Å². The number of ether oxygens (including phenoxy) is 1. The molecule has 0 atom stereocenters. The molecule has 28 heavy (non-hydrogen) atoms. The van der Waals surface area contributed by atoms with Crippen LogP contribution in [0.3, 0.4) is 0 Å². The van der Waals surface area contributed by atoms with E-state index in [0.717, 1.165) is 6.42 Å². The highest BCUT2D eigenvalue weighted by atomic mass is 16.5. The third kappa shape index (κ3) is 6.98. The van der Waals surface area contributed by atoms with Gasteiger partial charge in [0.2, 0.25) is 0 Å². The van der Waals surface area contributed by atoms with Crippen LogP contribution in [0.5, 0.6) is 0 Å². The van der Waals surface area contributed by atoms with Crippen molar-refractivity contribution in [1.82, 2.24) is 4.90 Å². The van der Waals surface area contributed by atoms with Gasteiger partial charge in [0.05, 0.1) is 0 Å². The number of rotatable bonds is 9. The van der Waals surface area contributed by atoms with E-state index in [0.29, 0.717) is 36.7 Å². The Hall–Kier alpha value is -2.37. The van der Waals surface area contributed by atoms with E-state index < -0.39 is 0 Å². The van der Waals surface area contributed by atoms with Crippen molar-refractivity contribution < 1.29 is 19.1 Å². The van der Waals surface area contributed by atoms with E-state index in [2.05, 4.69) is 5.32 Å². The summed E-state index contributed by atoms with van der Waals surface area (Å²) >= 11 is 0. The zero-order valence-corrected chi connectivity index (χ0v) is 17.0. The molecule has 1 aromatic carbocycles. The summed E-state index contributed by atoms with van der Waals surface area (Å²) in [5, 5.41) is 2.69. The summed E-state index contributed by atoms with van der Waals surface area (Å²) in [5.41, 5.74) is 1.15. The predicted molar refractivity (Wildman–Crippen MR) is 109 cm³/mol. The fourth-order valence-electron chi connectivity index (χ4n) is 3.60. The average Bonchev–Trinajstić information content (AvgIpc) is 2.73. The maximum absolute atomic E-state index is 12.3. The van der Waals surface area contributed by atoms with Crippen LogP contribution in [0, 0.1) is 5.92 Å². The molecule has 2 amide bonds. The van der Waals surface area contributed by atoms with Crippen LogP contribution in [0.15, 0.2) is 24.3 Å². The van der Waals surface area contributed by atoms with Crippen LogP contribution < -0.4 is 5.32 Å². The number of carbonyl (C=O) groups excluding carboxylic acids is 3. The second-order valence-electron chi connectivity index (χ2n) is 7.31. The standard InChI is InChI=1S/C22H32N2O4/c1-3-24(4-2)22(27)18-11-13-19(14-12-18)23-20(25)16-28-21(26)15-10-17-8-6-5-7-9-17/h11-14,17H,3-10,15-16H2,1-2H3,(H,23,25). The number of carbonyl (C=O) groups is 3. The van der Waals surface area contributed by atoms with Crippen LogP contribution in [-0.4, -0.2) is 42.4 Å². The van der Waals surface area contributed by atoms with Gasteiger partial charge < -0.3 is 15.0 Å². The summed E-state index contributed by atoms with van der Waals surface area (Å²) < 4.78 is 5.08. The first-order valence-electron chi connectivity index (χ1n) is 10.4. The van der Waals surface area contributed by atoms with Crippen LogP contribution in [0.2, 0.25) is 0 Å². The van der Waals surface area contributed by atoms with Gasteiger partial charge in [0, 0.05) is 30.8 Å². The molecule has 1 fully saturated rings. The lowest BCUT2D eigenvalue weighted by atomic mass is 9.86. The van der Waals surface area contributed by atoms with Crippen LogP contribution in [0.1, 0.15) is 69.2 Å². The first-order valence-corrected chi connectivity index (χ1v) is 10.4. The molecular formula is C22H32N2O4. The first kappa shape index (κ1) is 21.9. The Kier molecular flexibility index (Phi) is 8.98. The van der Waals surface area contributed by atoms with Crippen LogP contribution >= 0.6 is 0 Å². The van der Waals surface area contributed by atoms with Gasteiger partial charge in [0.15, 0.2) is 6.61 Å². The lowest BCUT2D eigenvalue weighted by molar-refractivity contribution is -0.147. The third-order valence-electron chi connectivity index (χ3n) is 5.31. The summed E-state index contributed by atoms with van der Waals surface area (Å²) in [6, 6.07) is 6.73. The summed E-state index contributed by atoms with van der Waals surface area (Å²) in [4.78, 5) is 37.8. The Bertz CT molecular complexity index is 647. The van der Waals surface area contributed by atoms with E-state index in [1.165, 1.54) is 32.1 Å². The van der Waals surface area contributed by atoms with Crippen molar-refractivity contribution in [3.63, 3.8) is 0 Å². The van der Waals surface area contributed by atoms with Gasteiger partial charge in [-0.1, -0.05) is 32.1 Å². The molecule has 1 saturated carbocycles. The van der Waals surface area contributed by atoms with E-state index in [-0.39, 0.29) is 24.4 Å². The maximum atomic E-state index is 12.3. The number of nitrogens with one attached hydrogen (secondary N) is 1. The van der Waals surface area contributed by atoms with Crippen LogP contribution in [0.4, 0.5) is 5.69 Å². The van der Waals surface area contributed by atoms with Crippen molar-refractivity contribution >= 4 is 23.5 Å². The molecule has 0 heterocycles. The minimum atomic E-state index is -0.381. The van der Waals surface area contributed by atoms with Gasteiger partial charge in [-0.2, -0.15) is 0 Å². The largest absolute Gasteiger partial charge is 0.456 e. The molecule has 6 heteroatoms. The normalized spacial score (nSPS) is 14.4. The molecule has 0 bridgehead atoms. The Labute approximate surface area is 167 Å². The van der Waals surface area contributed by atoms with Crippen molar-refractivity contribution in [3.8, 4) is 0 Å². The number of hydrogen-bond acceptors (Lipinski definition) is 4. The molecule has 1 aliphatic carbocycles. The molecule has 0 aromatic heterocycles. The molecule has 0 radical (unpaired) electrons. The summed E-state index contributed by atoms with van der Waals surface area (Å²) in [6.07, 6.45) is 7.41. The van der Waals surface area contributed by atoms with Gasteiger partial charge in [-0.15, -0.1) is 0 Å². The lowest BCUT2D eigenvalue weighted by Gasteiger charge is -2.20. The Morgan fingerprint density at radius 2 is 1.68 bits per heavy atom. The van der Waals surface area contributed by atoms with Crippen molar-refractivity contribution in [2.24, 2.45) is 5.92 Å². The second kappa shape index (κ2) is 11.5.